The van der Waals surface area contributed by atoms with Gasteiger partial charge in [-0.3, -0.25) is 4.79 Å². The lowest BCUT2D eigenvalue weighted by Crippen LogP contribution is -2.16. The number of benzene rings is 1. The van der Waals surface area contributed by atoms with Crippen molar-refractivity contribution in [2.45, 2.75) is 10.3 Å². The van der Waals surface area contributed by atoms with Gasteiger partial charge in [0.1, 0.15) is 11.1 Å². The minimum atomic E-state index is 0.112. The van der Waals surface area contributed by atoms with E-state index in [2.05, 4.69) is 17.0 Å². The molecule has 2 aromatic rings. The molecule has 0 N–H and O–H groups in total. The summed E-state index contributed by atoms with van der Waals surface area (Å²) in [6, 6.07) is 11.8. The Morgan fingerprint density at radius 1 is 1.29 bits per heavy atom. The Balaban J connectivity index is 1.95. The van der Waals surface area contributed by atoms with Gasteiger partial charge in [0, 0.05) is 11.9 Å². The smallest absolute Gasteiger partial charge is 0.185 e. The van der Waals surface area contributed by atoms with Crippen LogP contribution in [-0.4, -0.2) is 13.3 Å². The Labute approximate surface area is 103 Å². The van der Waals surface area contributed by atoms with Crippen molar-refractivity contribution < 1.29 is 9.21 Å². The molecule has 0 amide bonds. The van der Waals surface area contributed by atoms with Crippen LogP contribution in [0.1, 0.15) is 21.7 Å². The van der Waals surface area contributed by atoms with Gasteiger partial charge < -0.3 is 9.32 Å². The van der Waals surface area contributed by atoms with Crippen LogP contribution >= 0.6 is 11.8 Å². The number of thioether (sulfide) groups is 1. The molecule has 3 nitrogen and oxygen atoms in total. The zero-order valence-corrected chi connectivity index (χ0v) is 10.1. The summed E-state index contributed by atoms with van der Waals surface area (Å²) in [7, 11) is 2.03. The number of anilines is 1. The second-order valence-electron chi connectivity index (χ2n) is 3.91. The summed E-state index contributed by atoms with van der Waals surface area (Å²) in [5, 5.41) is 0.112. The predicted molar refractivity (Wildman–Crippen MR) is 67.5 cm³/mol. The van der Waals surface area contributed by atoms with E-state index in [9.17, 15) is 4.79 Å². The SMILES string of the molecule is CN1c2ccccc2SC1c1ccc(C=O)o1. The normalized spacial score (nSPS) is 18.2. The minimum absolute atomic E-state index is 0.112. The van der Waals surface area contributed by atoms with Gasteiger partial charge in [-0.15, -0.1) is 0 Å². The van der Waals surface area contributed by atoms with E-state index < -0.39 is 0 Å². The van der Waals surface area contributed by atoms with Gasteiger partial charge in [0.05, 0.1) is 5.69 Å². The molecule has 0 saturated heterocycles. The van der Waals surface area contributed by atoms with Gasteiger partial charge in [-0.25, -0.2) is 0 Å². The summed E-state index contributed by atoms with van der Waals surface area (Å²) >= 11 is 1.74. The molecule has 0 fully saturated rings. The van der Waals surface area contributed by atoms with Gasteiger partial charge >= 0.3 is 0 Å². The lowest BCUT2D eigenvalue weighted by atomic mass is 10.3. The van der Waals surface area contributed by atoms with E-state index in [0.717, 1.165) is 12.0 Å². The van der Waals surface area contributed by atoms with Crippen molar-refractivity contribution in [3.05, 3.63) is 47.9 Å². The van der Waals surface area contributed by atoms with Crippen LogP contribution in [0.5, 0.6) is 0 Å². The third kappa shape index (κ3) is 1.65. The first-order chi connectivity index (χ1) is 8.29. The van der Waals surface area contributed by atoms with Crippen LogP contribution in [-0.2, 0) is 0 Å². The molecule has 4 heteroatoms. The molecule has 1 aliphatic heterocycles. The average Bonchev–Trinajstić information content (AvgIpc) is 2.95. The number of hydrogen-bond acceptors (Lipinski definition) is 4. The third-order valence-corrected chi connectivity index (χ3v) is 4.21. The van der Waals surface area contributed by atoms with Crippen LogP contribution in [0.15, 0.2) is 45.7 Å². The van der Waals surface area contributed by atoms with E-state index in [1.807, 2.05) is 25.2 Å². The van der Waals surface area contributed by atoms with Gasteiger partial charge in [0.25, 0.3) is 0 Å². The number of furan rings is 1. The summed E-state index contributed by atoms with van der Waals surface area (Å²) in [5.74, 6) is 1.20. The van der Waals surface area contributed by atoms with Crippen LogP contribution in [0.3, 0.4) is 0 Å². The zero-order valence-electron chi connectivity index (χ0n) is 9.29. The highest BCUT2D eigenvalue weighted by Crippen LogP contribution is 2.50. The fraction of sp³-hybridized carbons (Fsp3) is 0.154. The number of fused-ring (bicyclic) bond motifs is 1. The molecule has 86 valence electrons. The molecular formula is C13H11NO2S. The zero-order chi connectivity index (χ0) is 11.8. The molecule has 3 rings (SSSR count). The molecule has 2 heterocycles. The fourth-order valence-electron chi connectivity index (χ4n) is 1.99. The molecule has 0 saturated carbocycles. The summed E-state index contributed by atoms with van der Waals surface area (Å²) < 4.78 is 5.49. The van der Waals surface area contributed by atoms with Crippen molar-refractivity contribution in [2.24, 2.45) is 0 Å². The average molecular weight is 245 g/mol. The Kier molecular flexibility index (Phi) is 2.44. The Morgan fingerprint density at radius 2 is 2.12 bits per heavy atom. The quantitative estimate of drug-likeness (QED) is 0.760. The molecule has 17 heavy (non-hydrogen) atoms. The minimum Gasteiger partial charge on any atom is -0.455 e. The number of hydrogen-bond donors (Lipinski definition) is 0. The van der Waals surface area contributed by atoms with Crippen molar-refractivity contribution >= 4 is 23.7 Å². The van der Waals surface area contributed by atoms with Gasteiger partial charge in [-0.05, 0) is 24.3 Å². The van der Waals surface area contributed by atoms with Crippen LogP contribution in [0, 0.1) is 0 Å². The van der Waals surface area contributed by atoms with Crippen molar-refractivity contribution in [3.63, 3.8) is 0 Å². The van der Waals surface area contributed by atoms with E-state index >= 15 is 0 Å². The Morgan fingerprint density at radius 3 is 2.82 bits per heavy atom. The molecule has 1 aromatic heterocycles. The molecule has 0 radical (unpaired) electrons. The van der Waals surface area contributed by atoms with Gasteiger partial charge in [-0.1, -0.05) is 23.9 Å². The topological polar surface area (TPSA) is 33.5 Å². The molecule has 1 aliphatic rings. The number of carbonyl (C=O) groups is 1. The first-order valence-corrected chi connectivity index (χ1v) is 6.21. The van der Waals surface area contributed by atoms with E-state index in [-0.39, 0.29) is 5.37 Å². The van der Waals surface area contributed by atoms with Crippen LogP contribution in [0.4, 0.5) is 5.69 Å². The van der Waals surface area contributed by atoms with Crippen LogP contribution in [0.2, 0.25) is 0 Å². The van der Waals surface area contributed by atoms with Crippen molar-refractivity contribution in [1.29, 1.82) is 0 Å². The maximum atomic E-state index is 10.6. The maximum absolute atomic E-state index is 10.6. The van der Waals surface area contributed by atoms with Gasteiger partial charge in [-0.2, -0.15) is 0 Å². The third-order valence-electron chi connectivity index (χ3n) is 2.84. The summed E-state index contributed by atoms with van der Waals surface area (Å²) in [4.78, 5) is 14.0. The Bertz CT molecular complexity index is 564. The van der Waals surface area contributed by atoms with Crippen molar-refractivity contribution in [3.8, 4) is 0 Å². The largest absolute Gasteiger partial charge is 0.455 e. The van der Waals surface area contributed by atoms with E-state index in [1.165, 1.54) is 10.6 Å². The molecule has 1 aromatic carbocycles. The first kappa shape index (κ1) is 10.5. The number of aldehydes is 1. The van der Waals surface area contributed by atoms with E-state index in [1.54, 1.807) is 17.8 Å². The maximum Gasteiger partial charge on any atom is 0.185 e. The molecule has 0 bridgehead atoms. The number of para-hydroxylation sites is 1. The van der Waals surface area contributed by atoms with Crippen LogP contribution in [0.25, 0.3) is 0 Å². The van der Waals surface area contributed by atoms with Crippen LogP contribution < -0.4 is 4.90 Å². The standard InChI is InChI=1S/C13H11NO2S/c1-14-10-4-2-3-5-12(10)17-13(14)11-7-6-9(8-15)16-11/h2-8,13H,1H3. The highest BCUT2D eigenvalue weighted by molar-refractivity contribution is 8.00. The second-order valence-corrected chi connectivity index (χ2v) is 5.03. The summed E-state index contributed by atoms with van der Waals surface area (Å²) in [6.07, 6.45) is 0.732. The molecule has 0 aliphatic carbocycles. The van der Waals surface area contributed by atoms with Crippen molar-refractivity contribution in [2.75, 3.05) is 11.9 Å². The highest BCUT2D eigenvalue weighted by Gasteiger charge is 2.30. The Hall–Kier alpha value is -1.68. The number of rotatable bonds is 2. The number of nitrogens with zero attached hydrogens (tertiary/aromatic N) is 1. The fourth-order valence-corrected chi connectivity index (χ4v) is 3.23. The number of carbonyl (C=O) groups excluding carboxylic acids is 1. The lowest BCUT2D eigenvalue weighted by molar-refractivity contribution is 0.109. The molecule has 1 atom stereocenters. The summed E-state index contributed by atoms with van der Waals surface area (Å²) in [6.45, 7) is 0. The second kappa shape index (κ2) is 3.96. The van der Waals surface area contributed by atoms with Gasteiger partial charge in [0.15, 0.2) is 12.0 Å². The van der Waals surface area contributed by atoms with E-state index in [4.69, 9.17) is 4.42 Å². The monoisotopic (exact) mass is 245 g/mol. The molecular weight excluding hydrogens is 234 g/mol. The molecule has 1 unspecified atom stereocenters. The first-order valence-electron chi connectivity index (χ1n) is 5.33. The van der Waals surface area contributed by atoms with Crippen molar-refractivity contribution in [1.82, 2.24) is 0 Å². The van der Waals surface area contributed by atoms with Gasteiger partial charge in [0.2, 0.25) is 0 Å². The molecule has 0 spiro atoms. The lowest BCUT2D eigenvalue weighted by Gasteiger charge is -2.19. The highest BCUT2D eigenvalue weighted by atomic mass is 32.2. The predicted octanol–water partition coefficient (Wildman–Crippen LogP) is 3.33. The van der Waals surface area contributed by atoms with E-state index in [0.29, 0.717) is 5.76 Å². The summed E-state index contributed by atoms with van der Waals surface area (Å²) in [5.41, 5.74) is 1.20.